The molecular formula is HClIPV. The van der Waals surface area contributed by atoms with Crippen molar-refractivity contribution in [1.82, 2.24) is 0 Å². The second-order valence-corrected chi connectivity index (χ2v) is 4.31. The van der Waals surface area contributed by atoms with Gasteiger partial charge in [0.15, 0.2) is 0 Å². The quantitative estimate of drug-likeness (QED) is 0.453. The van der Waals surface area contributed by atoms with Crippen molar-refractivity contribution in [2.75, 3.05) is 0 Å². The van der Waals surface area contributed by atoms with Crippen LogP contribution in [-0.4, -0.2) is 0 Å². The zero-order chi connectivity index (χ0) is 2.71. The van der Waals surface area contributed by atoms with Crippen LogP contribution in [0.5, 0.6) is 0 Å². The van der Waals surface area contributed by atoms with Crippen molar-refractivity contribution in [1.29, 1.82) is 0 Å². The van der Waals surface area contributed by atoms with Crippen LogP contribution in [0, 0.1) is 0 Å². The van der Waals surface area contributed by atoms with Crippen LogP contribution in [0.25, 0.3) is 0 Å². The molecule has 0 aliphatic rings. The van der Waals surface area contributed by atoms with E-state index in [-0.39, 0.29) is 18.6 Å². The Bertz CT molecular complexity index is 8.00. The number of hydrogen-bond acceptors (Lipinski definition) is 0. The molecule has 0 aliphatic heterocycles. The summed E-state index contributed by atoms with van der Waals surface area (Å²) >= 11 is 7.09. The van der Waals surface area contributed by atoms with Gasteiger partial charge in [0, 0.05) is 24.1 Å². The van der Waals surface area contributed by atoms with E-state index in [1.807, 2.05) is 0 Å². The Labute approximate surface area is 57.0 Å². The molecule has 1 atom stereocenters. The van der Waals surface area contributed by atoms with Gasteiger partial charge in [0.05, 0.1) is 0 Å². The van der Waals surface area contributed by atoms with Crippen molar-refractivity contribution in [2.45, 2.75) is 0 Å². The summed E-state index contributed by atoms with van der Waals surface area (Å²) in [6.45, 7) is 0. The Morgan fingerprint density at radius 2 is 1.75 bits per heavy atom. The zero-order valence-electron chi connectivity index (χ0n) is 1.70. The van der Waals surface area contributed by atoms with Crippen LogP contribution in [-0.2, 0) is 18.6 Å². The molecule has 4 heavy (non-hydrogen) atoms. The third kappa shape index (κ3) is 8.98. The molecule has 0 saturated heterocycles. The molecule has 0 nitrogen and oxygen atoms in total. The fraction of sp³-hybridized carbons (Fsp3) is 0. The zero-order valence-corrected chi connectivity index (χ0v) is 7.01. The van der Waals surface area contributed by atoms with Crippen molar-refractivity contribution in [3.8, 4) is 0 Å². The average Bonchev–Trinajstić information content (AvgIpc) is 0.918. The standard InChI is InChI=1S/ClHIP.V/c1-3-2;/h3H;. The van der Waals surface area contributed by atoms with Gasteiger partial charge >= 0.3 is 0 Å². The summed E-state index contributed by atoms with van der Waals surface area (Å²) in [5.41, 5.74) is 0.526. The van der Waals surface area contributed by atoms with E-state index in [0.717, 1.165) is 0 Å². The molecule has 0 heterocycles. The molecule has 0 saturated carbocycles. The molecule has 0 aromatic rings. The van der Waals surface area contributed by atoms with Crippen LogP contribution in [0.4, 0.5) is 0 Å². The van der Waals surface area contributed by atoms with E-state index < -0.39 is 0 Å². The first-order chi connectivity index (χ1) is 1.41. The van der Waals surface area contributed by atoms with E-state index in [9.17, 15) is 0 Å². The molecule has 0 aromatic carbocycles. The van der Waals surface area contributed by atoms with Gasteiger partial charge in [0.25, 0.3) is 0 Å². The van der Waals surface area contributed by atoms with Crippen LogP contribution in [0.1, 0.15) is 0 Å². The van der Waals surface area contributed by atoms with Crippen molar-refractivity contribution < 1.29 is 18.6 Å². The second kappa shape index (κ2) is 8.90. The normalized spacial score (nSPS) is 7.50. The van der Waals surface area contributed by atoms with Gasteiger partial charge in [-0.2, -0.15) is 0 Å². The first-order valence-corrected chi connectivity index (χ1v) is 5.50. The maximum absolute atomic E-state index is 5.01. The topological polar surface area (TPSA) is 0 Å². The van der Waals surface area contributed by atoms with Gasteiger partial charge in [-0.3, -0.25) is 0 Å². The van der Waals surface area contributed by atoms with Gasteiger partial charge in [-0.1, -0.05) is 11.2 Å². The summed E-state index contributed by atoms with van der Waals surface area (Å²) in [5.74, 6) is 0. The minimum Gasteiger partial charge on any atom is -0.0882 e. The van der Waals surface area contributed by atoms with Crippen LogP contribution in [0.15, 0.2) is 0 Å². The Morgan fingerprint density at radius 1 is 1.75 bits per heavy atom. The van der Waals surface area contributed by atoms with Crippen LogP contribution >= 0.6 is 38.9 Å². The second-order valence-electron chi connectivity index (χ2n) is 0.0714. The molecule has 25 valence electrons. The van der Waals surface area contributed by atoms with Gasteiger partial charge in [0.1, 0.15) is 0 Å². The predicted octanol–water partition coefficient (Wildman–Crippen LogP) is 2.17. The van der Waals surface area contributed by atoms with Crippen molar-refractivity contribution in [2.24, 2.45) is 0 Å². The summed E-state index contributed by atoms with van der Waals surface area (Å²) in [6, 6.07) is 0. The van der Waals surface area contributed by atoms with Crippen LogP contribution in [0.3, 0.4) is 0 Å². The van der Waals surface area contributed by atoms with Gasteiger partial charge in [-0.25, -0.2) is 0 Å². The third-order valence-electron chi connectivity index (χ3n) is 0. The SMILES string of the molecule is ClPI.[V]. The molecule has 1 radical (unpaired) electrons. The maximum Gasteiger partial charge on any atom is 0.0408 e. The molecule has 0 N–H and O–H groups in total. The van der Waals surface area contributed by atoms with Gasteiger partial charge in [-0.05, 0) is 22.0 Å². The monoisotopic (exact) mass is 245 g/mol. The summed E-state index contributed by atoms with van der Waals surface area (Å²) in [4.78, 5) is 0. The van der Waals surface area contributed by atoms with E-state index in [1.165, 1.54) is 0 Å². The molecule has 0 amide bonds. The minimum absolute atomic E-state index is 0. The van der Waals surface area contributed by atoms with E-state index >= 15 is 0 Å². The van der Waals surface area contributed by atoms with Crippen molar-refractivity contribution in [3.05, 3.63) is 0 Å². The summed E-state index contributed by atoms with van der Waals surface area (Å²) < 4.78 is 0. The molecule has 1 unspecified atom stereocenters. The molecule has 0 rings (SSSR count). The number of rotatable bonds is 0. The van der Waals surface area contributed by atoms with Gasteiger partial charge in [-0.15, -0.1) is 0 Å². The first-order valence-electron chi connectivity index (χ1n) is 0.378. The molecule has 0 aliphatic carbocycles. The van der Waals surface area contributed by atoms with Gasteiger partial charge < -0.3 is 0 Å². The average molecular weight is 245 g/mol. The van der Waals surface area contributed by atoms with E-state index in [2.05, 4.69) is 22.0 Å². The Balaban J connectivity index is 0. The first kappa shape index (κ1) is 9.40. The molecule has 4 heteroatoms. The minimum atomic E-state index is 0. The van der Waals surface area contributed by atoms with Crippen molar-refractivity contribution in [3.63, 3.8) is 0 Å². The summed E-state index contributed by atoms with van der Waals surface area (Å²) in [7, 11) is 0. The van der Waals surface area contributed by atoms with E-state index in [0.29, 0.717) is 5.58 Å². The third-order valence-corrected chi connectivity index (χ3v) is 0. The fourth-order valence-corrected chi connectivity index (χ4v) is 0. The largest absolute Gasteiger partial charge is 0.0882 e. The van der Waals surface area contributed by atoms with E-state index in [1.54, 1.807) is 0 Å². The van der Waals surface area contributed by atoms with Crippen LogP contribution < -0.4 is 0 Å². The molecule has 0 bridgehead atoms. The molecule has 0 fully saturated rings. The number of halogens is 2. The maximum atomic E-state index is 5.01. The Kier molecular flexibility index (Phi) is 20.9. The van der Waals surface area contributed by atoms with E-state index in [4.69, 9.17) is 11.2 Å². The van der Waals surface area contributed by atoms with Gasteiger partial charge in [0.2, 0.25) is 0 Å². The predicted molar refractivity (Wildman–Crippen MR) is 28.2 cm³/mol. The fourth-order valence-electron chi connectivity index (χ4n) is 0. The smallest absolute Gasteiger partial charge is 0.0408 e. The summed E-state index contributed by atoms with van der Waals surface area (Å²) in [5, 5.41) is 0. The molecule has 0 spiro atoms. The Hall–Kier alpha value is 2.03. The summed E-state index contributed by atoms with van der Waals surface area (Å²) in [6.07, 6.45) is 0. The van der Waals surface area contributed by atoms with Crippen LogP contribution in [0.2, 0.25) is 0 Å². The Morgan fingerprint density at radius 3 is 1.75 bits per heavy atom. The molecule has 0 aromatic heterocycles. The number of hydrogen-bond donors (Lipinski definition) is 0. The molecular weight excluding hydrogens is 244 g/mol. The van der Waals surface area contributed by atoms with Crippen molar-refractivity contribution >= 4 is 38.9 Å².